The summed E-state index contributed by atoms with van der Waals surface area (Å²) in [6.45, 7) is 2.74. The Hall–Kier alpha value is -1.35. The molecule has 1 nitrogen and oxygen atoms in total. The number of aryl methyl sites for hydroxylation is 1. The molecule has 1 N–H and O–H groups in total. The van der Waals surface area contributed by atoms with Gasteiger partial charge in [-0.15, -0.1) is 0 Å². The zero-order chi connectivity index (χ0) is 12.3. The van der Waals surface area contributed by atoms with Gasteiger partial charge in [0.1, 0.15) is 5.82 Å². The predicted octanol–water partition coefficient (Wildman–Crippen LogP) is 4.51. The van der Waals surface area contributed by atoms with E-state index < -0.39 is 0 Å². The van der Waals surface area contributed by atoms with Gasteiger partial charge in [0.25, 0.3) is 0 Å². The average Bonchev–Trinajstić information content (AvgIpc) is 2.33. The zero-order valence-electron chi connectivity index (χ0n) is 9.50. The molecule has 0 aliphatic rings. The molecule has 0 atom stereocenters. The van der Waals surface area contributed by atoms with Crippen molar-refractivity contribution < 1.29 is 4.39 Å². The number of hydrogen-bond acceptors (Lipinski definition) is 1. The molecule has 0 radical (unpaired) electrons. The summed E-state index contributed by atoms with van der Waals surface area (Å²) in [6.07, 6.45) is 0. The first-order valence-electron chi connectivity index (χ1n) is 5.39. The van der Waals surface area contributed by atoms with Crippen LogP contribution in [-0.4, -0.2) is 0 Å². The lowest BCUT2D eigenvalue weighted by molar-refractivity contribution is 0.627. The van der Waals surface area contributed by atoms with E-state index in [0.29, 0.717) is 6.54 Å². The SMILES string of the molecule is Cc1ccc(NCc2ccc(F)cc2)cc1Br. The number of nitrogens with one attached hydrogen (secondary N) is 1. The third kappa shape index (κ3) is 3.30. The van der Waals surface area contributed by atoms with Crippen LogP contribution in [-0.2, 0) is 6.54 Å². The topological polar surface area (TPSA) is 12.0 Å². The van der Waals surface area contributed by atoms with Crippen molar-refractivity contribution in [2.24, 2.45) is 0 Å². The number of benzene rings is 2. The van der Waals surface area contributed by atoms with E-state index in [4.69, 9.17) is 0 Å². The van der Waals surface area contributed by atoms with Crippen LogP contribution in [0.4, 0.5) is 10.1 Å². The molecule has 17 heavy (non-hydrogen) atoms. The molecule has 0 aliphatic heterocycles. The summed E-state index contributed by atoms with van der Waals surface area (Å²) in [5.74, 6) is -0.202. The van der Waals surface area contributed by atoms with Crippen molar-refractivity contribution in [3.63, 3.8) is 0 Å². The molecule has 0 unspecified atom stereocenters. The number of anilines is 1. The summed E-state index contributed by atoms with van der Waals surface area (Å²) in [6, 6.07) is 12.6. The van der Waals surface area contributed by atoms with Gasteiger partial charge >= 0.3 is 0 Å². The second-order valence-electron chi connectivity index (χ2n) is 3.94. The molecule has 0 fully saturated rings. The maximum atomic E-state index is 12.7. The van der Waals surface area contributed by atoms with Crippen molar-refractivity contribution in [1.82, 2.24) is 0 Å². The Labute approximate surface area is 109 Å². The van der Waals surface area contributed by atoms with Crippen molar-refractivity contribution in [3.8, 4) is 0 Å². The number of hydrogen-bond donors (Lipinski definition) is 1. The summed E-state index contributed by atoms with van der Waals surface area (Å²) in [4.78, 5) is 0. The first-order valence-corrected chi connectivity index (χ1v) is 6.19. The van der Waals surface area contributed by atoms with E-state index >= 15 is 0 Å². The molecule has 0 heterocycles. The minimum atomic E-state index is -0.202. The first-order chi connectivity index (χ1) is 8.15. The van der Waals surface area contributed by atoms with Crippen LogP contribution in [0, 0.1) is 12.7 Å². The number of rotatable bonds is 3. The molecule has 0 bridgehead atoms. The van der Waals surface area contributed by atoms with Gasteiger partial charge < -0.3 is 5.32 Å². The van der Waals surface area contributed by atoms with Gasteiger partial charge in [-0.25, -0.2) is 4.39 Å². The zero-order valence-corrected chi connectivity index (χ0v) is 11.1. The highest BCUT2D eigenvalue weighted by molar-refractivity contribution is 9.10. The minimum Gasteiger partial charge on any atom is -0.381 e. The molecule has 2 rings (SSSR count). The normalized spacial score (nSPS) is 10.3. The van der Waals surface area contributed by atoms with E-state index in [9.17, 15) is 4.39 Å². The molecule has 0 spiro atoms. The first kappa shape index (κ1) is 12.1. The van der Waals surface area contributed by atoms with Gasteiger partial charge in [-0.2, -0.15) is 0 Å². The maximum Gasteiger partial charge on any atom is 0.123 e. The Bertz CT molecular complexity index is 508. The lowest BCUT2D eigenvalue weighted by Gasteiger charge is -2.08. The fourth-order valence-electron chi connectivity index (χ4n) is 1.51. The molecule has 0 amide bonds. The molecule has 0 aromatic heterocycles. The Balaban J connectivity index is 2.02. The maximum absolute atomic E-state index is 12.7. The molecule has 88 valence electrons. The highest BCUT2D eigenvalue weighted by Crippen LogP contribution is 2.21. The molecule has 0 saturated carbocycles. The van der Waals surface area contributed by atoms with Gasteiger partial charge in [-0.3, -0.25) is 0 Å². The van der Waals surface area contributed by atoms with Gasteiger partial charge in [-0.1, -0.05) is 34.1 Å². The highest BCUT2D eigenvalue weighted by atomic mass is 79.9. The van der Waals surface area contributed by atoms with E-state index in [2.05, 4.69) is 27.3 Å². The third-order valence-corrected chi connectivity index (χ3v) is 3.44. The average molecular weight is 294 g/mol. The summed E-state index contributed by atoms with van der Waals surface area (Å²) >= 11 is 3.49. The van der Waals surface area contributed by atoms with Crippen molar-refractivity contribution in [3.05, 3.63) is 63.9 Å². The Kier molecular flexibility index (Phi) is 3.79. The van der Waals surface area contributed by atoms with E-state index in [1.165, 1.54) is 17.7 Å². The number of halogens is 2. The Morgan fingerprint density at radius 2 is 1.82 bits per heavy atom. The van der Waals surface area contributed by atoms with Crippen LogP contribution >= 0.6 is 15.9 Å². The third-order valence-electron chi connectivity index (χ3n) is 2.58. The lowest BCUT2D eigenvalue weighted by Crippen LogP contribution is -1.99. The predicted molar refractivity (Wildman–Crippen MR) is 72.6 cm³/mol. The largest absolute Gasteiger partial charge is 0.381 e. The summed E-state index contributed by atoms with van der Waals surface area (Å²) < 4.78 is 13.8. The van der Waals surface area contributed by atoms with E-state index in [0.717, 1.165) is 15.7 Å². The molecular formula is C14H13BrFN. The quantitative estimate of drug-likeness (QED) is 0.878. The van der Waals surface area contributed by atoms with Crippen molar-refractivity contribution in [2.75, 3.05) is 5.32 Å². The van der Waals surface area contributed by atoms with Crippen molar-refractivity contribution in [1.29, 1.82) is 0 Å². The van der Waals surface area contributed by atoms with Crippen LogP contribution in [0.5, 0.6) is 0 Å². The standard InChI is InChI=1S/C14H13BrFN/c1-10-2-7-13(8-14(10)15)17-9-11-3-5-12(16)6-4-11/h2-8,17H,9H2,1H3. The molecule has 0 aliphatic carbocycles. The Morgan fingerprint density at radius 1 is 1.12 bits per heavy atom. The van der Waals surface area contributed by atoms with Crippen molar-refractivity contribution in [2.45, 2.75) is 13.5 Å². The summed E-state index contributed by atoms with van der Waals surface area (Å²) in [5.41, 5.74) is 3.31. The van der Waals surface area contributed by atoms with Crippen LogP contribution in [0.15, 0.2) is 46.9 Å². The van der Waals surface area contributed by atoms with E-state index in [1.807, 2.05) is 19.1 Å². The second kappa shape index (κ2) is 5.32. The van der Waals surface area contributed by atoms with E-state index in [-0.39, 0.29) is 5.82 Å². The molecular weight excluding hydrogens is 281 g/mol. The van der Waals surface area contributed by atoms with Gasteiger partial charge in [0.05, 0.1) is 0 Å². The van der Waals surface area contributed by atoms with E-state index in [1.54, 1.807) is 12.1 Å². The molecule has 3 heteroatoms. The van der Waals surface area contributed by atoms with Gasteiger partial charge in [0.15, 0.2) is 0 Å². The monoisotopic (exact) mass is 293 g/mol. The lowest BCUT2D eigenvalue weighted by atomic mass is 10.2. The van der Waals surface area contributed by atoms with Crippen LogP contribution in [0.25, 0.3) is 0 Å². The van der Waals surface area contributed by atoms with Gasteiger partial charge in [0, 0.05) is 16.7 Å². The minimum absolute atomic E-state index is 0.202. The van der Waals surface area contributed by atoms with Crippen molar-refractivity contribution >= 4 is 21.6 Å². The van der Waals surface area contributed by atoms with Crippen LogP contribution < -0.4 is 5.32 Å². The molecule has 0 saturated heterocycles. The fraction of sp³-hybridized carbons (Fsp3) is 0.143. The summed E-state index contributed by atoms with van der Waals surface area (Å²) in [7, 11) is 0. The molecule has 2 aromatic rings. The van der Waals surface area contributed by atoms with Gasteiger partial charge in [0.2, 0.25) is 0 Å². The van der Waals surface area contributed by atoms with Crippen LogP contribution in [0.2, 0.25) is 0 Å². The fourth-order valence-corrected chi connectivity index (χ4v) is 1.89. The van der Waals surface area contributed by atoms with Gasteiger partial charge in [-0.05, 0) is 42.3 Å². The Morgan fingerprint density at radius 3 is 2.47 bits per heavy atom. The smallest absolute Gasteiger partial charge is 0.123 e. The second-order valence-corrected chi connectivity index (χ2v) is 4.80. The molecule has 2 aromatic carbocycles. The highest BCUT2D eigenvalue weighted by Gasteiger charge is 1.98. The van der Waals surface area contributed by atoms with Crippen LogP contribution in [0.1, 0.15) is 11.1 Å². The van der Waals surface area contributed by atoms with Crippen LogP contribution in [0.3, 0.4) is 0 Å². The summed E-state index contributed by atoms with van der Waals surface area (Å²) in [5, 5.41) is 3.30.